The first-order valence-electron chi connectivity index (χ1n) is 8.50. The molecule has 134 valence electrons. The van der Waals surface area contributed by atoms with Gasteiger partial charge in [-0.25, -0.2) is 0 Å². The van der Waals surface area contributed by atoms with Gasteiger partial charge in [-0.15, -0.1) is 0 Å². The average molecular weight is 362 g/mol. The summed E-state index contributed by atoms with van der Waals surface area (Å²) in [5.74, 6) is 1.40. The van der Waals surface area contributed by atoms with E-state index in [0.29, 0.717) is 23.9 Å². The lowest BCUT2D eigenvalue weighted by molar-refractivity contribution is -0.127. The minimum atomic E-state index is -0.558. The Morgan fingerprint density at radius 2 is 1.88 bits per heavy atom. The predicted octanol–water partition coefficient (Wildman–Crippen LogP) is 4.26. The molecule has 0 fully saturated rings. The molecule has 0 aliphatic rings. The quantitative estimate of drug-likeness (QED) is 0.679. The van der Waals surface area contributed by atoms with E-state index in [0.717, 1.165) is 24.2 Å². The van der Waals surface area contributed by atoms with E-state index in [1.54, 1.807) is 31.2 Å². The van der Waals surface area contributed by atoms with E-state index in [9.17, 15) is 4.79 Å². The number of hydrogen-bond donors (Lipinski definition) is 1. The van der Waals surface area contributed by atoms with Crippen molar-refractivity contribution < 1.29 is 14.3 Å². The number of carbonyl (C=O) groups excluding carboxylic acids is 1. The van der Waals surface area contributed by atoms with E-state index >= 15 is 0 Å². The van der Waals surface area contributed by atoms with Crippen LogP contribution in [0.25, 0.3) is 0 Å². The van der Waals surface area contributed by atoms with Crippen LogP contribution in [0.15, 0.2) is 48.5 Å². The standard InChI is InChI=1S/C20H24ClNO3/c1-3-24-19-9-5-4-7-16(19)8-6-14-22-20(23)15(2)25-18-12-10-17(21)11-13-18/h4-5,7,9-13,15H,3,6,8,14H2,1-2H3,(H,22,23)/t15-/m0/s1. The van der Waals surface area contributed by atoms with Gasteiger partial charge in [0.15, 0.2) is 6.10 Å². The molecule has 0 aliphatic carbocycles. The van der Waals surface area contributed by atoms with Gasteiger partial charge in [-0.05, 0) is 62.6 Å². The second-order valence-corrected chi connectivity index (χ2v) is 6.09. The second kappa shape index (κ2) is 9.94. The molecule has 0 aromatic heterocycles. The summed E-state index contributed by atoms with van der Waals surface area (Å²) in [6, 6.07) is 14.9. The Balaban J connectivity index is 1.74. The Kier molecular flexibility index (Phi) is 7.61. The number of amides is 1. The molecule has 0 aliphatic heterocycles. The van der Waals surface area contributed by atoms with E-state index < -0.39 is 6.10 Å². The van der Waals surface area contributed by atoms with Crippen LogP contribution >= 0.6 is 11.6 Å². The van der Waals surface area contributed by atoms with E-state index in [4.69, 9.17) is 21.1 Å². The molecule has 2 aromatic carbocycles. The summed E-state index contributed by atoms with van der Waals surface area (Å²) >= 11 is 5.83. The molecule has 1 atom stereocenters. The highest BCUT2D eigenvalue weighted by Crippen LogP contribution is 2.19. The summed E-state index contributed by atoms with van der Waals surface area (Å²) in [6.45, 7) is 4.94. The lowest BCUT2D eigenvalue weighted by atomic mass is 10.1. The Labute approximate surface area is 154 Å². The maximum absolute atomic E-state index is 12.1. The summed E-state index contributed by atoms with van der Waals surface area (Å²) in [4.78, 5) is 12.1. The molecule has 0 bridgehead atoms. The third kappa shape index (κ3) is 6.31. The Morgan fingerprint density at radius 3 is 2.60 bits per heavy atom. The number of para-hydroxylation sites is 1. The van der Waals surface area contributed by atoms with Crippen molar-refractivity contribution in [2.24, 2.45) is 0 Å². The number of nitrogens with one attached hydrogen (secondary N) is 1. The summed E-state index contributed by atoms with van der Waals surface area (Å²) in [5, 5.41) is 3.54. The van der Waals surface area contributed by atoms with Crippen LogP contribution in [0.1, 0.15) is 25.8 Å². The minimum Gasteiger partial charge on any atom is -0.494 e. The van der Waals surface area contributed by atoms with Gasteiger partial charge in [0.2, 0.25) is 0 Å². The zero-order chi connectivity index (χ0) is 18.1. The molecule has 0 saturated carbocycles. The first-order chi connectivity index (χ1) is 12.1. The number of carbonyl (C=O) groups is 1. The monoisotopic (exact) mass is 361 g/mol. The third-order valence-electron chi connectivity index (χ3n) is 3.69. The van der Waals surface area contributed by atoms with Crippen LogP contribution in [0.2, 0.25) is 5.02 Å². The van der Waals surface area contributed by atoms with Crippen molar-refractivity contribution in [3.63, 3.8) is 0 Å². The molecule has 25 heavy (non-hydrogen) atoms. The van der Waals surface area contributed by atoms with Crippen LogP contribution in [0, 0.1) is 0 Å². The Morgan fingerprint density at radius 1 is 1.16 bits per heavy atom. The molecular weight excluding hydrogens is 338 g/mol. The number of ether oxygens (including phenoxy) is 2. The molecule has 0 unspecified atom stereocenters. The molecular formula is C20H24ClNO3. The van der Waals surface area contributed by atoms with Gasteiger partial charge in [-0.3, -0.25) is 4.79 Å². The lowest BCUT2D eigenvalue weighted by Gasteiger charge is -2.15. The van der Waals surface area contributed by atoms with Crippen LogP contribution in [-0.4, -0.2) is 25.2 Å². The zero-order valence-corrected chi connectivity index (χ0v) is 15.4. The van der Waals surface area contributed by atoms with Gasteiger partial charge in [0.25, 0.3) is 5.91 Å². The molecule has 0 spiro atoms. The minimum absolute atomic E-state index is 0.131. The van der Waals surface area contributed by atoms with Gasteiger partial charge >= 0.3 is 0 Å². The van der Waals surface area contributed by atoms with Crippen LogP contribution < -0.4 is 14.8 Å². The average Bonchev–Trinajstić information content (AvgIpc) is 2.62. The fourth-order valence-electron chi connectivity index (χ4n) is 2.41. The van der Waals surface area contributed by atoms with Crippen LogP contribution in [-0.2, 0) is 11.2 Å². The number of hydrogen-bond acceptors (Lipinski definition) is 3. The first-order valence-corrected chi connectivity index (χ1v) is 8.88. The Hall–Kier alpha value is -2.20. The van der Waals surface area contributed by atoms with Gasteiger partial charge in [-0.2, -0.15) is 0 Å². The third-order valence-corrected chi connectivity index (χ3v) is 3.94. The fraction of sp³-hybridized carbons (Fsp3) is 0.350. The molecule has 4 nitrogen and oxygen atoms in total. The smallest absolute Gasteiger partial charge is 0.260 e. The molecule has 0 saturated heterocycles. The number of benzene rings is 2. The molecule has 1 N–H and O–H groups in total. The highest BCUT2D eigenvalue weighted by Gasteiger charge is 2.14. The molecule has 2 aromatic rings. The Bertz CT molecular complexity index is 673. The molecule has 5 heteroatoms. The highest BCUT2D eigenvalue weighted by molar-refractivity contribution is 6.30. The highest BCUT2D eigenvalue weighted by atomic mass is 35.5. The lowest BCUT2D eigenvalue weighted by Crippen LogP contribution is -2.36. The van der Waals surface area contributed by atoms with Crippen LogP contribution in [0.3, 0.4) is 0 Å². The van der Waals surface area contributed by atoms with Crippen molar-refractivity contribution in [1.82, 2.24) is 5.32 Å². The molecule has 0 heterocycles. The van der Waals surface area contributed by atoms with Crippen molar-refractivity contribution in [3.05, 3.63) is 59.1 Å². The topological polar surface area (TPSA) is 47.6 Å². The normalized spacial score (nSPS) is 11.6. The summed E-state index contributed by atoms with van der Waals surface area (Å²) in [6.07, 6.45) is 1.13. The largest absolute Gasteiger partial charge is 0.494 e. The summed E-state index contributed by atoms with van der Waals surface area (Å²) in [7, 11) is 0. The number of aryl methyl sites for hydroxylation is 1. The van der Waals surface area contributed by atoms with Crippen molar-refractivity contribution in [2.75, 3.05) is 13.2 Å². The summed E-state index contributed by atoms with van der Waals surface area (Å²) < 4.78 is 11.2. The molecule has 1 amide bonds. The van der Waals surface area contributed by atoms with Gasteiger partial charge in [0.05, 0.1) is 6.61 Å². The van der Waals surface area contributed by atoms with E-state index in [1.807, 2.05) is 25.1 Å². The van der Waals surface area contributed by atoms with Gasteiger partial charge in [-0.1, -0.05) is 29.8 Å². The maximum atomic E-state index is 12.1. The van der Waals surface area contributed by atoms with E-state index in [1.165, 1.54) is 0 Å². The van der Waals surface area contributed by atoms with E-state index in [-0.39, 0.29) is 5.91 Å². The summed E-state index contributed by atoms with van der Waals surface area (Å²) in [5.41, 5.74) is 1.16. The van der Waals surface area contributed by atoms with Crippen LogP contribution in [0.4, 0.5) is 0 Å². The SMILES string of the molecule is CCOc1ccccc1CCCNC(=O)[C@H](C)Oc1ccc(Cl)cc1. The fourth-order valence-corrected chi connectivity index (χ4v) is 2.54. The van der Waals surface area contributed by atoms with Crippen molar-refractivity contribution in [3.8, 4) is 11.5 Å². The van der Waals surface area contributed by atoms with Crippen molar-refractivity contribution >= 4 is 17.5 Å². The second-order valence-electron chi connectivity index (χ2n) is 5.65. The van der Waals surface area contributed by atoms with Crippen LogP contribution in [0.5, 0.6) is 11.5 Å². The first kappa shape index (κ1) is 19.1. The van der Waals surface area contributed by atoms with Gasteiger partial charge in [0, 0.05) is 11.6 Å². The number of halogens is 1. The van der Waals surface area contributed by atoms with Gasteiger partial charge in [0.1, 0.15) is 11.5 Å². The molecule has 2 rings (SSSR count). The van der Waals surface area contributed by atoms with E-state index in [2.05, 4.69) is 11.4 Å². The maximum Gasteiger partial charge on any atom is 0.260 e. The zero-order valence-electron chi connectivity index (χ0n) is 14.6. The van der Waals surface area contributed by atoms with Crippen molar-refractivity contribution in [2.45, 2.75) is 32.8 Å². The molecule has 0 radical (unpaired) electrons. The van der Waals surface area contributed by atoms with Gasteiger partial charge < -0.3 is 14.8 Å². The number of rotatable bonds is 9. The van der Waals surface area contributed by atoms with Crippen molar-refractivity contribution in [1.29, 1.82) is 0 Å². The predicted molar refractivity (Wildman–Crippen MR) is 100 cm³/mol.